The molecule has 0 aliphatic rings. The summed E-state index contributed by atoms with van der Waals surface area (Å²) in [6, 6.07) is 4.97. The molecule has 1 heterocycles. The normalized spacial score (nSPS) is 10.8. The molecular weight excluding hydrogens is 288 g/mol. The number of hydrogen-bond donors (Lipinski definition) is 2. The first kappa shape index (κ1) is 15.4. The maximum Gasteiger partial charge on any atom is 0.293 e. The molecule has 0 radical (unpaired) electrons. The topological polar surface area (TPSA) is 125 Å². The number of nitrogens with one attached hydrogen (secondary N) is 2. The largest absolute Gasteiger partial charge is 0.367 e. The fourth-order valence-electron chi connectivity index (χ4n) is 1.97. The molecule has 0 saturated heterocycles. The minimum absolute atomic E-state index is 0.0483. The van der Waals surface area contributed by atoms with Crippen LogP contribution in [-0.2, 0) is 0 Å². The minimum atomic E-state index is -0.391. The number of aromatic nitrogens is 4. The van der Waals surface area contributed by atoms with Gasteiger partial charge in [0.2, 0.25) is 0 Å². The van der Waals surface area contributed by atoms with E-state index in [9.17, 15) is 10.1 Å². The van der Waals surface area contributed by atoms with Crippen molar-refractivity contribution in [1.82, 2.24) is 20.6 Å². The summed E-state index contributed by atoms with van der Waals surface area (Å²) < 4.78 is 0. The maximum absolute atomic E-state index is 11.3. The molecule has 1 aromatic carbocycles. The molecule has 1 aromatic heterocycles. The highest BCUT2D eigenvalue weighted by atomic mass is 16.6. The predicted octanol–water partition coefficient (Wildman–Crippen LogP) is 1.40. The monoisotopic (exact) mass is 304 g/mol. The van der Waals surface area contributed by atoms with Gasteiger partial charge in [-0.2, -0.15) is 10.3 Å². The Morgan fingerprint density at radius 3 is 2.82 bits per heavy atom. The number of nitro groups is 1. The van der Waals surface area contributed by atoms with Gasteiger partial charge in [-0.15, -0.1) is 5.10 Å². The average Bonchev–Trinajstić information content (AvgIpc) is 3.02. The summed E-state index contributed by atoms with van der Waals surface area (Å²) >= 11 is 0. The Morgan fingerprint density at radius 1 is 1.45 bits per heavy atom. The Labute approximate surface area is 126 Å². The zero-order valence-electron chi connectivity index (χ0n) is 12.2. The van der Waals surface area contributed by atoms with E-state index in [1.807, 2.05) is 18.7 Å². The molecule has 0 amide bonds. The van der Waals surface area contributed by atoms with Crippen molar-refractivity contribution in [3.05, 3.63) is 33.9 Å². The summed E-state index contributed by atoms with van der Waals surface area (Å²) in [5.74, 6) is 0.213. The van der Waals surface area contributed by atoms with Gasteiger partial charge in [-0.25, -0.2) is 5.43 Å². The Morgan fingerprint density at radius 2 is 2.23 bits per heavy atom. The number of nitro benzene ring substituents is 1. The fourth-order valence-corrected chi connectivity index (χ4v) is 1.97. The number of tetrazole rings is 1. The van der Waals surface area contributed by atoms with E-state index >= 15 is 0 Å². The molecule has 10 nitrogen and oxygen atoms in total. The van der Waals surface area contributed by atoms with Crippen LogP contribution in [0.15, 0.2) is 23.3 Å². The molecule has 2 aromatic rings. The first-order chi connectivity index (χ1) is 10.7. The van der Waals surface area contributed by atoms with Crippen molar-refractivity contribution in [1.29, 1.82) is 0 Å². The third-order valence-corrected chi connectivity index (χ3v) is 3.02. The summed E-state index contributed by atoms with van der Waals surface area (Å²) in [6.45, 7) is 5.31. The highest BCUT2D eigenvalue weighted by Crippen LogP contribution is 2.28. The van der Waals surface area contributed by atoms with Gasteiger partial charge in [-0.1, -0.05) is 11.2 Å². The molecule has 2 N–H and O–H groups in total. The molecule has 22 heavy (non-hydrogen) atoms. The molecule has 10 heteroatoms. The Hall–Kier alpha value is -3.04. The number of H-pyrrole nitrogens is 1. The molecule has 0 aliphatic carbocycles. The van der Waals surface area contributed by atoms with Gasteiger partial charge in [-0.05, 0) is 25.1 Å². The standard InChI is InChI=1S/C12H16N8O2/c1-3-19(4-2)10-6-5-9(7-11(10)20(21)22)8-13-14-12-15-17-18-16-12/h5-8H,3-4H2,1-2H3,(H2,14,15,16,17,18). The van der Waals surface area contributed by atoms with Crippen LogP contribution >= 0.6 is 0 Å². The molecule has 0 unspecified atom stereocenters. The molecule has 0 aliphatic heterocycles. The lowest BCUT2D eigenvalue weighted by molar-refractivity contribution is -0.384. The van der Waals surface area contributed by atoms with E-state index in [0.29, 0.717) is 24.3 Å². The van der Waals surface area contributed by atoms with Gasteiger partial charge in [0.25, 0.3) is 11.6 Å². The van der Waals surface area contributed by atoms with Crippen LogP contribution in [0.3, 0.4) is 0 Å². The van der Waals surface area contributed by atoms with Crippen molar-refractivity contribution < 1.29 is 4.92 Å². The Bertz CT molecular complexity index is 651. The van der Waals surface area contributed by atoms with E-state index in [-0.39, 0.29) is 11.6 Å². The first-order valence-corrected chi connectivity index (χ1v) is 6.71. The number of aromatic amines is 1. The molecule has 0 spiro atoms. The van der Waals surface area contributed by atoms with Crippen LogP contribution in [0.25, 0.3) is 0 Å². The van der Waals surface area contributed by atoms with E-state index < -0.39 is 4.92 Å². The van der Waals surface area contributed by atoms with E-state index in [1.165, 1.54) is 12.3 Å². The van der Waals surface area contributed by atoms with Gasteiger partial charge in [0.15, 0.2) is 0 Å². The molecule has 0 atom stereocenters. The third kappa shape index (κ3) is 3.53. The summed E-state index contributed by atoms with van der Waals surface area (Å²) in [6.07, 6.45) is 1.45. The number of hydrogen-bond acceptors (Lipinski definition) is 8. The highest BCUT2D eigenvalue weighted by Gasteiger charge is 2.17. The van der Waals surface area contributed by atoms with Gasteiger partial charge in [-0.3, -0.25) is 10.1 Å². The van der Waals surface area contributed by atoms with Crippen LogP contribution in [0, 0.1) is 10.1 Å². The van der Waals surface area contributed by atoms with Crippen LogP contribution in [-0.4, -0.2) is 44.9 Å². The number of hydrazone groups is 1. The smallest absolute Gasteiger partial charge is 0.293 e. The first-order valence-electron chi connectivity index (χ1n) is 6.71. The number of anilines is 2. The van der Waals surface area contributed by atoms with Gasteiger partial charge in [0.05, 0.1) is 11.1 Å². The van der Waals surface area contributed by atoms with Crippen LogP contribution in [0.5, 0.6) is 0 Å². The summed E-state index contributed by atoms with van der Waals surface area (Å²) in [7, 11) is 0. The molecule has 0 bridgehead atoms. The van der Waals surface area contributed by atoms with Gasteiger partial charge >= 0.3 is 0 Å². The minimum Gasteiger partial charge on any atom is -0.367 e. The summed E-state index contributed by atoms with van der Waals surface area (Å²) in [5, 5.41) is 28.1. The number of rotatable bonds is 7. The summed E-state index contributed by atoms with van der Waals surface area (Å²) in [5.41, 5.74) is 3.79. The van der Waals surface area contributed by atoms with E-state index in [1.54, 1.807) is 12.1 Å². The lowest BCUT2D eigenvalue weighted by Crippen LogP contribution is -2.22. The molecule has 2 rings (SSSR count). The van der Waals surface area contributed by atoms with Crippen molar-refractivity contribution >= 4 is 23.5 Å². The average molecular weight is 304 g/mol. The lowest BCUT2D eigenvalue weighted by Gasteiger charge is -2.20. The quantitative estimate of drug-likeness (QED) is 0.450. The molecule has 116 valence electrons. The van der Waals surface area contributed by atoms with Gasteiger partial charge in [0.1, 0.15) is 5.69 Å². The number of nitrogens with zero attached hydrogens (tertiary/aromatic N) is 6. The summed E-state index contributed by atoms with van der Waals surface area (Å²) in [4.78, 5) is 12.8. The molecule has 0 saturated carbocycles. The second kappa shape index (κ2) is 7.11. The maximum atomic E-state index is 11.3. The van der Waals surface area contributed by atoms with E-state index in [0.717, 1.165) is 0 Å². The number of benzene rings is 1. The Kier molecular flexibility index (Phi) is 4.96. The second-order valence-electron chi connectivity index (χ2n) is 4.28. The lowest BCUT2D eigenvalue weighted by atomic mass is 10.1. The van der Waals surface area contributed by atoms with Crippen molar-refractivity contribution in [2.75, 3.05) is 23.4 Å². The van der Waals surface area contributed by atoms with Crippen molar-refractivity contribution in [2.45, 2.75) is 13.8 Å². The van der Waals surface area contributed by atoms with Crippen LogP contribution in [0.1, 0.15) is 19.4 Å². The van der Waals surface area contributed by atoms with Crippen LogP contribution < -0.4 is 10.3 Å². The zero-order valence-corrected chi connectivity index (χ0v) is 12.2. The fraction of sp³-hybridized carbons (Fsp3) is 0.333. The molecular formula is C12H16N8O2. The second-order valence-corrected chi connectivity index (χ2v) is 4.28. The van der Waals surface area contributed by atoms with Crippen LogP contribution in [0.4, 0.5) is 17.3 Å². The molecule has 0 fully saturated rings. The zero-order chi connectivity index (χ0) is 15.9. The van der Waals surface area contributed by atoms with Gasteiger partial charge in [0, 0.05) is 24.7 Å². The van der Waals surface area contributed by atoms with E-state index in [2.05, 4.69) is 31.2 Å². The Balaban J connectivity index is 2.21. The highest BCUT2D eigenvalue weighted by molar-refractivity contribution is 5.83. The third-order valence-electron chi connectivity index (χ3n) is 3.02. The SMILES string of the molecule is CCN(CC)c1ccc(C=NNc2nn[nH]n2)cc1[N+](=O)[O-]. The van der Waals surface area contributed by atoms with Crippen molar-refractivity contribution in [3.63, 3.8) is 0 Å². The predicted molar refractivity (Wildman–Crippen MR) is 82.1 cm³/mol. The van der Waals surface area contributed by atoms with Crippen LogP contribution in [0.2, 0.25) is 0 Å². The van der Waals surface area contributed by atoms with Crippen molar-refractivity contribution in [2.24, 2.45) is 5.10 Å². The van der Waals surface area contributed by atoms with E-state index in [4.69, 9.17) is 0 Å². The van der Waals surface area contributed by atoms with Crippen molar-refractivity contribution in [3.8, 4) is 0 Å². The van der Waals surface area contributed by atoms with Gasteiger partial charge < -0.3 is 4.90 Å².